The van der Waals surface area contributed by atoms with E-state index in [0.717, 1.165) is 11.1 Å². The van der Waals surface area contributed by atoms with Crippen LogP contribution >= 0.6 is 0 Å². The van der Waals surface area contributed by atoms with Crippen molar-refractivity contribution in [3.8, 4) is 0 Å². The van der Waals surface area contributed by atoms with Crippen LogP contribution in [-0.2, 0) is 0 Å². The largest absolute Gasteiger partial charge is 0.398 e. The lowest BCUT2D eigenvalue weighted by atomic mass is 9.99. The third kappa shape index (κ3) is 3.96. The first-order valence-electron chi connectivity index (χ1n) is 6.65. The van der Waals surface area contributed by atoms with Crippen LogP contribution in [0, 0.1) is 19.8 Å². The summed E-state index contributed by atoms with van der Waals surface area (Å²) in [4.78, 5) is 12.3. The van der Waals surface area contributed by atoms with Crippen LogP contribution in [0.15, 0.2) is 12.1 Å². The minimum Gasteiger partial charge on any atom is -0.398 e. The maximum absolute atomic E-state index is 12.3. The molecule has 1 unspecified atom stereocenters. The number of aryl methyl sites for hydroxylation is 2. The first kappa shape index (κ1) is 15.5. The summed E-state index contributed by atoms with van der Waals surface area (Å²) < 4.78 is 0. The fourth-order valence-corrected chi connectivity index (χ4v) is 2.07. The normalized spacial score (nSPS) is 12.5. The van der Waals surface area contributed by atoms with Crippen molar-refractivity contribution in [1.82, 2.24) is 5.32 Å². The molecule has 0 saturated carbocycles. The van der Waals surface area contributed by atoms with E-state index in [4.69, 9.17) is 10.8 Å². The number of benzene rings is 1. The average Bonchev–Trinajstić information content (AvgIpc) is 2.32. The number of anilines is 1. The summed E-state index contributed by atoms with van der Waals surface area (Å²) in [6.45, 7) is 7.94. The second-order valence-electron chi connectivity index (χ2n) is 5.36. The molecule has 4 N–H and O–H groups in total. The lowest BCUT2D eigenvalue weighted by molar-refractivity contribution is 0.0916. The van der Waals surface area contributed by atoms with Crippen LogP contribution in [0.3, 0.4) is 0 Å². The van der Waals surface area contributed by atoms with Gasteiger partial charge in [-0.3, -0.25) is 4.79 Å². The number of carbonyl (C=O) groups is 1. The van der Waals surface area contributed by atoms with Crippen molar-refractivity contribution in [1.29, 1.82) is 0 Å². The number of hydrogen-bond donors (Lipinski definition) is 3. The van der Waals surface area contributed by atoms with Crippen LogP contribution in [0.2, 0.25) is 0 Å². The Bertz CT molecular complexity index is 456. The molecule has 0 aromatic heterocycles. The molecule has 0 radical (unpaired) electrons. The molecule has 4 heteroatoms. The molecule has 0 aliphatic rings. The molecule has 1 rings (SSSR count). The number of aliphatic hydroxyl groups is 1. The molecule has 0 aliphatic carbocycles. The van der Waals surface area contributed by atoms with Gasteiger partial charge in [-0.15, -0.1) is 0 Å². The fourth-order valence-electron chi connectivity index (χ4n) is 2.07. The molecule has 0 bridgehead atoms. The van der Waals surface area contributed by atoms with Gasteiger partial charge in [0.25, 0.3) is 5.91 Å². The predicted octanol–water partition coefficient (Wildman–Crippen LogP) is 2.02. The number of nitrogen functional groups attached to an aromatic ring is 1. The minimum absolute atomic E-state index is 0.0283. The highest BCUT2D eigenvalue weighted by Crippen LogP contribution is 2.18. The standard InChI is InChI=1S/C15H24N2O2/c1-9(2)14(5-6-18)17-15(19)12-8-13(16)11(4)7-10(12)3/h7-9,14,18H,5-6,16H2,1-4H3,(H,17,19). The van der Waals surface area contributed by atoms with Crippen LogP contribution < -0.4 is 11.1 Å². The number of rotatable bonds is 5. The smallest absolute Gasteiger partial charge is 0.251 e. The molecule has 1 amide bonds. The van der Waals surface area contributed by atoms with Crippen LogP contribution in [0.25, 0.3) is 0 Å². The molecule has 4 nitrogen and oxygen atoms in total. The van der Waals surface area contributed by atoms with Crippen LogP contribution in [-0.4, -0.2) is 23.7 Å². The van der Waals surface area contributed by atoms with E-state index < -0.39 is 0 Å². The average molecular weight is 264 g/mol. The van der Waals surface area contributed by atoms with Crippen molar-refractivity contribution >= 4 is 11.6 Å². The molecular formula is C15H24N2O2. The number of hydrogen-bond acceptors (Lipinski definition) is 3. The summed E-state index contributed by atoms with van der Waals surface area (Å²) in [5, 5.41) is 12.0. The summed E-state index contributed by atoms with van der Waals surface area (Å²) in [6, 6.07) is 3.61. The molecule has 0 saturated heterocycles. The Labute approximate surface area is 115 Å². The molecule has 0 fully saturated rings. The van der Waals surface area contributed by atoms with Gasteiger partial charge < -0.3 is 16.2 Å². The van der Waals surface area contributed by atoms with Gasteiger partial charge in [0.05, 0.1) is 0 Å². The van der Waals surface area contributed by atoms with Gasteiger partial charge in [0.15, 0.2) is 0 Å². The van der Waals surface area contributed by atoms with Gasteiger partial charge >= 0.3 is 0 Å². The zero-order valence-electron chi connectivity index (χ0n) is 12.2. The Morgan fingerprint density at radius 1 is 1.32 bits per heavy atom. The minimum atomic E-state index is -0.128. The van der Waals surface area contributed by atoms with E-state index in [1.807, 2.05) is 33.8 Å². The molecule has 0 heterocycles. The molecule has 0 aliphatic heterocycles. The zero-order chi connectivity index (χ0) is 14.6. The summed E-state index contributed by atoms with van der Waals surface area (Å²) in [7, 11) is 0. The second-order valence-corrected chi connectivity index (χ2v) is 5.36. The summed E-state index contributed by atoms with van der Waals surface area (Å²) in [6.07, 6.45) is 0.559. The van der Waals surface area contributed by atoms with Crippen LogP contribution in [0.1, 0.15) is 41.8 Å². The van der Waals surface area contributed by atoms with Gasteiger partial charge in [-0.25, -0.2) is 0 Å². The first-order chi connectivity index (χ1) is 8.86. The van der Waals surface area contributed by atoms with Gasteiger partial charge in [-0.2, -0.15) is 0 Å². The molecule has 19 heavy (non-hydrogen) atoms. The summed E-state index contributed by atoms with van der Waals surface area (Å²) in [5.41, 5.74) is 8.97. The Kier molecular flexibility index (Phi) is 5.36. The maximum Gasteiger partial charge on any atom is 0.251 e. The van der Waals surface area contributed by atoms with Crippen molar-refractivity contribution in [2.24, 2.45) is 5.92 Å². The summed E-state index contributed by atoms with van der Waals surface area (Å²) in [5.74, 6) is 0.149. The van der Waals surface area contributed by atoms with Crippen LogP contribution in [0.4, 0.5) is 5.69 Å². The topological polar surface area (TPSA) is 75.3 Å². The molecular weight excluding hydrogens is 240 g/mol. The van der Waals surface area contributed by atoms with E-state index in [-0.39, 0.29) is 24.5 Å². The lowest BCUT2D eigenvalue weighted by Crippen LogP contribution is -2.39. The van der Waals surface area contributed by atoms with E-state index in [0.29, 0.717) is 17.7 Å². The van der Waals surface area contributed by atoms with Crippen molar-refractivity contribution in [2.45, 2.75) is 40.2 Å². The molecule has 0 spiro atoms. The van der Waals surface area contributed by atoms with Crippen LogP contribution in [0.5, 0.6) is 0 Å². The van der Waals surface area contributed by atoms with Gasteiger partial charge in [-0.05, 0) is 43.4 Å². The number of nitrogens with one attached hydrogen (secondary N) is 1. The summed E-state index contributed by atoms with van der Waals surface area (Å²) >= 11 is 0. The molecule has 1 aromatic rings. The highest BCUT2D eigenvalue weighted by molar-refractivity contribution is 5.96. The molecule has 1 atom stereocenters. The SMILES string of the molecule is Cc1cc(C)c(C(=O)NC(CCO)C(C)C)cc1N. The molecule has 1 aromatic carbocycles. The van der Waals surface area contributed by atoms with Gasteiger partial charge in [0, 0.05) is 23.9 Å². The monoisotopic (exact) mass is 264 g/mol. The Balaban J connectivity index is 2.91. The van der Waals surface area contributed by atoms with E-state index in [1.54, 1.807) is 6.07 Å². The van der Waals surface area contributed by atoms with Gasteiger partial charge in [-0.1, -0.05) is 19.9 Å². The van der Waals surface area contributed by atoms with E-state index in [2.05, 4.69) is 5.32 Å². The van der Waals surface area contributed by atoms with E-state index in [1.165, 1.54) is 0 Å². The second kappa shape index (κ2) is 6.57. The van der Waals surface area contributed by atoms with Crippen molar-refractivity contribution in [2.75, 3.05) is 12.3 Å². The van der Waals surface area contributed by atoms with Crippen molar-refractivity contribution in [3.63, 3.8) is 0 Å². The molecule has 106 valence electrons. The number of amides is 1. The Hall–Kier alpha value is -1.55. The van der Waals surface area contributed by atoms with E-state index in [9.17, 15) is 4.79 Å². The van der Waals surface area contributed by atoms with Crippen molar-refractivity contribution < 1.29 is 9.90 Å². The predicted molar refractivity (Wildman–Crippen MR) is 78.1 cm³/mol. The number of nitrogens with two attached hydrogens (primary N) is 1. The van der Waals surface area contributed by atoms with Crippen molar-refractivity contribution in [3.05, 3.63) is 28.8 Å². The highest BCUT2D eigenvalue weighted by atomic mass is 16.3. The zero-order valence-corrected chi connectivity index (χ0v) is 12.2. The van der Waals surface area contributed by atoms with Gasteiger partial charge in [0.1, 0.15) is 0 Å². The first-order valence-corrected chi connectivity index (χ1v) is 6.65. The third-order valence-electron chi connectivity index (χ3n) is 3.42. The Morgan fingerprint density at radius 2 is 1.95 bits per heavy atom. The third-order valence-corrected chi connectivity index (χ3v) is 3.42. The van der Waals surface area contributed by atoms with E-state index >= 15 is 0 Å². The fraction of sp³-hybridized carbons (Fsp3) is 0.533. The van der Waals surface area contributed by atoms with Gasteiger partial charge in [0.2, 0.25) is 0 Å². The Morgan fingerprint density at radius 3 is 2.47 bits per heavy atom. The maximum atomic E-state index is 12.3. The number of carbonyl (C=O) groups excluding carboxylic acids is 1. The highest BCUT2D eigenvalue weighted by Gasteiger charge is 2.18. The quantitative estimate of drug-likeness (QED) is 0.712. The lowest BCUT2D eigenvalue weighted by Gasteiger charge is -2.22. The number of aliphatic hydroxyl groups excluding tert-OH is 1.